The van der Waals surface area contributed by atoms with Crippen LogP contribution in [0.15, 0.2) is 24.3 Å². The largest absolute Gasteiger partial charge is 0.333 e. The van der Waals surface area contributed by atoms with Gasteiger partial charge in [-0.05, 0) is 30.0 Å². The molecule has 0 spiro atoms. The van der Waals surface area contributed by atoms with Crippen molar-refractivity contribution in [3.8, 4) is 0 Å². The highest BCUT2D eigenvalue weighted by Gasteiger charge is 2.32. The Bertz CT molecular complexity index is 608. The molecule has 0 bridgehead atoms. The van der Waals surface area contributed by atoms with Crippen LogP contribution in [0.5, 0.6) is 0 Å². The Labute approximate surface area is 149 Å². The van der Waals surface area contributed by atoms with Crippen molar-refractivity contribution in [2.24, 2.45) is 11.8 Å². The summed E-state index contributed by atoms with van der Waals surface area (Å²) in [6, 6.07) is 5.57. The van der Waals surface area contributed by atoms with Crippen LogP contribution in [0.4, 0.5) is 14.9 Å². The van der Waals surface area contributed by atoms with Crippen LogP contribution in [0.1, 0.15) is 34.1 Å². The van der Waals surface area contributed by atoms with Gasteiger partial charge in [0.15, 0.2) is 0 Å². The number of urea groups is 1. The Morgan fingerprint density at radius 2 is 1.92 bits per heavy atom. The van der Waals surface area contributed by atoms with Crippen LogP contribution in [0.25, 0.3) is 0 Å². The van der Waals surface area contributed by atoms with Gasteiger partial charge in [-0.15, -0.1) is 0 Å². The van der Waals surface area contributed by atoms with Gasteiger partial charge in [-0.1, -0.05) is 33.8 Å². The van der Waals surface area contributed by atoms with Crippen molar-refractivity contribution in [2.45, 2.75) is 40.2 Å². The molecule has 5 nitrogen and oxygen atoms in total. The molecule has 138 valence electrons. The SMILES string of the molecule is CC(C)CN(CC(C)C)C(=O)N[C@@H]1CC(=O)N(c2cccc(F)c2)C1. The summed E-state index contributed by atoms with van der Waals surface area (Å²) in [5.41, 5.74) is 0.531. The standard InChI is InChI=1S/C19H28FN3O2/c1-13(2)10-22(11-14(3)4)19(25)21-16-9-18(24)23(12-16)17-7-5-6-15(20)8-17/h5-8,13-14,16H,9-12H2,1-4H3,(H,21,25)/t16-/m1/s1. The third-order valence-corrected chi connectivity index (χ3v) is 4.03. The summed E-state index contributed by atoms with van der Waals surface area (Å²) in [6.07, 6.45) is 0.236. The molecule has 0 saturated carbocycles. The summed E-state index contributed by atoms with van der Waals surface area (Å²) in [6.45, 7) is 10.0. The molecule has 0 unspecified atom stereocenters. The number of nitrogens with one attached hydrogen (secondary N) is 1. The van der Waals surface area contributed by atoms with E-state index in [9.17, 15) is 14.0 Å². The van der Waals surface area contributed by atoms with Crippen molar-refractivity contribution in [3.05, 3.63) is 30.1 Å². The summed E-state index contributed by atoms with van der Waals surface area (Å²) < 4.78 is 13.4. The highest BCUT2D eigenvalue weighted by Crippen LogP contribution is 2.22. The molecule has 0 aromatic heterocycles. The number of hydrogen-bond acceptors (Lipinski definition) is 2. The molecule has 1 fully saturated rings. The lowest BCUT2D eigenvalue weighted by Gasteiger charge is -2.28. The van der Waals surface area contributed by atoms with Gasteiger partial charge in [-0.25, -0.2) is 9.18 Å². The van der Waals surface area contributed by atoms with Crippen LogP contribution in [-0.2, 0) is 4.79 Å². The van der Waals surface area contributed by atoms with E-state index < -0.39 is 0 Å². The molecule has 1 atom stereocenters. The van der Waals surface area contributed by atoms with Gasteiger partial charge in [-0.3, -0.25) is 4.79 Å². The predicted octanol–water partition coefficient (Wildman–Crippen LogP) is 3.25. The molecular formula is C19H28FN3O2. The highest BCUT2D eigenvalue weighted by atomic mass is 19.1. The first-order chi connectivity index (χ1) is 11.8. The third-order valence-electron chi connectivity index (χ3n) is 4.03. The third kappa shape index (κ3) is 5.44. The normalized spacial score (nSPS) is 17.5. The first-order valence-electron chi connectivity index (χ1n) is 8.87. The van der Waals surface area contributed by atoms with Crippen molar-refractivity contribution in [3.63, 3.8) is 0 Å². The molecular weight excluding hydrogens is 321 g/mol. The van der Waals surface area contributed by atoms with Gasteiger partial charge in [0.1, 0.15) is 5.82 Å². The van der Waals surface area contributed by atoms with Gasteiger partial charge < -0.3 is 15.1 Å². The van der Waals surface area contributed by atoms with Crippen molar-refractivity contribution in [2.75, 3.05) is 24.5 Å². The summed E-state index contributed by atoms with van der Waals surface area (Å²) in [4.78, 5) is 28.2. The molecule has 3 amide bonds. The molecule has 1 heterocycles. The highest BCUT2D eigenvalue weighted by molar-refractivity contribution is 5.96. The Kier molecular flexibility index (Phi) is 6.39. The van der Waals surface area contributed by atoms with Gasteiger partial charge in [0.25, 0.3) is 0 Å². The predicted molar refractivity (Wildman–Crippen MR) is 96.9 cm³/mol. The van der Waals surface area contributed by atoms with Gasteiger partial charge >= 0.3 is 6.03 Å². The Hall–Kier alpha value is -2.11. The number of nitrogens with zero attached hydrogens (tertiary/aromatic N) is 2. The van der Waals surface area contributed by atoms with Crippen molar-refractivity contribution in [1.82, 2.24) is 10.2 Å². The second-order valence-electron chi connectivity index (χ2n) is 7.53. The Morgan fingerprint density at radius 3 is 2.48 bits per heavy atom. The molecule has 1 aromatic rings. The van der Waals surface area contributed by atoms with E-state index in [2.05, 4.69) is 33.0 Å². The number of amides is 3. The molecule has 1 aliphatic heterocycles. The summed E-state index contributed by atoms with van der Waals surface area (Å²) in [5, 5.41) is 2.97. The van der Waals surface area contributed by atoms with E-state index in [1.807, 2.05) is 4.90 Å². The number of anilines is 1. The summed E-state index contributed by atoms with van der Waals surface area (Å²) in [7, 11) is 0. The topological polar surface area (TPSA) is 52.7 Å². The molecule has 1 aromatic carbocycles. The number of rotatable bonds is 6. The fraction of sp³-hybridized carbons (Fsp3) is 0.579. The average molecular weight is 349 g/mol. The fourth-order valence-electron chi connectivity index (χ4n) is 3.09. The Balaban J connectivity index is 2.00. The number of carbonyl (C=O) groups excluding carboxylic acids is 2. The fourth-order valence-corrected chi connectivity index (χ4v) is 3.09. The van der Waals surface area contributed by atoms with Crippen molar-refractivity contribution >= 4 is 17.6 Å². The minimum absolute atomic E-state index is 0.102. The molecule has 1 N–H and O–H groups in total. The van der Waals surface area contributed by atoms with Gasteiger partial charge in [0, 0.05) is 31.7 Å². The molecule has 1 aliphatic rings. The van der Waals surface area contributed by atoms with Crippen LogP contribution in [0.3, 0.4) is 0 Å². The zero-order valence-electron chi connectivity index (χ0n) is 15.5. The summed E-state index contributed by atoms with van der Waals surface area (Å²) in [5.74, 6) is 0.269. The van der Waals surface area contributed by atoms with E-state index in [0.29, 0.717) is 37.2 Å². The van der Waals surface area contributed by atoms with Crippen LogP contribution in [-0.4, -0.2) is 42.5 Å². The number of carbonyl (C=O) groups is 2. The smallest absolute Gasteiger partial charge is 0.317 e. The lowest BCUT2D eigenvalue weighted by Crippen LogP contribution is -2.48. The zero-order chi connectivity index (χ0) is 18.6. The first kappa shape index (κ1) is 19.2. The van der Waals surface area contributed by atoms with Gasteiger partial charge in [0.05, 0.1) is 6.04 Å². The zero-order valence-corrected chi connectivity index (χ0v) is 15.5. The van der Waals surface area contributed by atoms with Crippen LogP contribution in [0, 0.1) is 17.7 Å². The van der Waals surface area contributed by atoms with E-state index in [1.165, 1.54) is 17.0 Å². The van der Waals surface area contributed by atoms with E-state index in [-0.39, 0.29) is 30.2 Å². The molecule has 0 radical (unpaired) electrons. The molecule has 1 saturated heterocycles. The molecule has 2 rings (SSSR count). The minimum Gasteiger partial charge on any atom is -0.333 e. The van der Waals surface area contributed by atoms with E-state index in [1.54, 1.807) is 12.1 Å². The molecule has 6 heteroatoms. The quantitative estimate of drug-likeness (QED) is 0.857. The van der Waals surface area contributed by atoms with Crippen LogP contribution < -0.4 is 10.2 Å². The van der Waals surface area contributed by atoms with Gasteiger partial charge in [0.2, 0.25) is 5.91 Å². The van der Waals surface area contributed by atoms with Crippen LogP contribution >= 0.6 is 0 Å². The monoisotopic (exact) mass is 349 g/mol. The second-order valence-corrected chi connectivity index (χ2v) is 7.53. The van der Waals surface area contributed by atoms with Crippen molar-refractivity contribution < 1.29 is 14.0 Å². The number of benzene rings is 1. The minimum atomic E-state index is -0.377. The van der Waals surface area contributed by atoms with E-state index in [4.69, 9.17) is 0 Å². The second kappa shape index (κ2) is 8.32. The lowest BCUT2D eigenvalue weighted by molar-refractivity contribution is -0.117. The molecule has 0 aliphatic carbocycles. The Morgan fingerprint density at radius 1 is 1.28 bits per heavy atom. The van der Waals surface area contributed by atoms with E-state index >= 15 is 0 Å². The van der Waals surface area contributed by atoms with Gasteiger partial charge in [-0.2, -0.15) is 0 Å². The summed E-state index contributed by atoms with van der Waals surface area (Å²) >= 11 is 0. The van der Waals surface area contributed by atoms with Crippen molar-refractivity contribution in [1.29, 1.82) is 0 Å². The van der Waals surface area contributed by atoms with Crippen LogP contribution in [0.2, 0.25) is 0 Å². The number of halogens is 1. The number of hydrogen-bond donors (Lipinski definition) is 1. The first-order valence-corrected chi connectivity index (χ1v) is 8.87. The molecule has 25 heavy (non-hydrogen) atoms. The maximum absolute atomic E-state index is 13.4. The van der Waals surface area contributed by atoms with E-state index in [0.717, 1.165) is 0 Å². The maximum atomic E-state index is 13.4. The lowest BCUT2D eigenvalue weighted by atomic mass is 10.1. The maximum Gasteiger partial charge on any atom is 0.317 e. The average Bonchev–Trinajstić information content (AvgIpc) is 2.86.